The molecule has 0 saturated carbocycles. The summed E-state index contributed by atoms with van der Waals surface area (Å²) in [6.45, 7) is 15.2. The zero-order valence-electron chi connectivity index (χ0n) is 15.5. The quantitative estimate of drug-likeness (QED) is 0.429. The molecule has 0 aliphatic heterocycles. The summed E-state index contributed by atoms with van der Waals surface area (Å²) in [5, 5.41) is 0. The van der Waals surface area contributed by atoms with Gasteiger partial charge in [-0.2, -0.15) is 0 Å². The normalized spacial score (nSPS) is 16.0. The number of rotatable bonds is 8. The van der Waals surface area contributed by atoms with Gasteiger partial charge in [0.15, 0.2) is 0 Å². The number of carbonyl (C=O) groups is 1. The topological polar surface area (TPSA) is 26.3 Å². The van der Waals surface area contributed by atoms with E-state index in [0.717, 1.165) is 6.42 Å². The molecule has 2 unspecified atom stereocenters. The molecule has 0 aromatic carbocycles. The maximum atomic E-state index is 11.8. The highest BCUT2D eigenvalue weighted by Crippen LogP contribution is 2.32. The van der Waals surface area contributed by atoms with Gasteiger partial charge in [-0.05, 0) is 50.4 Å². The number of allylic oxidation sites excluding steroid dienone is 2. The monoisotopic (exact) mass is 296 g/mol. The zero-order chi connectivity index (χ0) is 16.7. The van der Waals surface area contributed by atoms with Crippen molar-refractivity contribution in [3.05, 3.63) is 12.2 Å². The molecular weight excluding hydrogens is 260 g/mol. The van der Waals surface area contributed by atoms with E-state index in [1.807, 2.05) is 13.8 Å². The van der Waals surface area contributed by atoms with Crippen LogP contribution in [0.25, 0.3) is 0 Å². The molecule has 0 aliphatic carbocycles. The van der Waals surface area contributed by atoms with Crippen molar-refractivity contribution in [1.82, 2.24) is 0 Å². The molecule has 2 heteroatoms. The standard InChI is InChI=1S/C19H36O2/c1-9-11-16(14-18(3,4)5)13-10-12-15(2)19(6,7)17(20)21-8/h10,13,15-16H,9,11-12,14H2,1-8H3. The van der Waals surface area contributed by atoms with Gasteiger partial charge in [0.05, 0.1) is 12.5 Å². The summed E-state index contributed by atoms with van der Waals surface area (Å²) in [5.74, 6) is 0.796. The van der Waals surface area contributed by atoms with Crippen LogP contribution in [0, 0.1) is 22.7 Å². The van der Waals surface area contributed by atoms with Crippen molar-refractivity contribution < 1.29 is 9.53 Å². The molecule has 0 saturated heterocycles. The number of methoxy groups -OCH3 is 1. The van der Waals surface area contributed by atoms with Gasteiger partial charge in [0.25, 0.3) is 0 Å². The van der Waals surface area contributed by atoms with E-state index in [2.05, 4.69) is 46.8 Å². The Bertz CT molecular complexity index is 334. The van der Waals surface area contributed by atoms with Gasteiger partial charge in [-0.15, -0.1) is 0 Å². The zero-order valence-corrected chi connectivity index (χ0v) is 15.5. The van der Waals surface area contributed by atoms with Crippen LogP contribution in [0.2, 0.25) is 0 Å². The Morgan fingerprint density at radius 2 is 1.76 bits per heavy atom. The van der Waals surface area contributed by atoms with E-state index < -0.39 is 5.41 Å². The number of hydrogen-bond acceptors (Lipinski definition) is 2. The van der Waals surface area contributed by atoms with E-state index >= 15 is 0 Å². The minimum absolute atomic E-state index is 0.122. The van der Waals surface area contributed by atoms with E-state index in [1.54, 1.807) is 0 Å². The maximum absolute atomic E-state index is 11.8. The van der Waals surface area contributed by atoms with Crippen LogP contribution in [-0.4, -0.2) is 13.1 Å². The molecule has 124 valence electrons. The predicted octanol–water partition coefficient (Wildman–Crippen LogP) is 5.62. The van der Waals surface area contributed by atoms with Gasteiger partial charge in [-0.25, -0.2) is 0 Å². The molecule has 0 heterocycles. The summed E-state index contributed by atoms with van der Waals surface area (Å²) < 4.78 is 4.90. The fraction of sp³-hybridized carbons (Fsp3) is 0.842. The van der Waals surface area contributed by atoms with Crippen molar-refractivity contribution >= 4 is 5.97 Å². The van der Waals surface area contributed by atoms with Crippen LogP contribution >= 0.6 is 0 Å². The minimum Gasteiger partial charge on any atom is -0.469 e. The summed E-state index contributed by atoms with van der Waals surface area (Å²) in [7, 11) is 1.47. The maximum Gasteiger partial charge on any atom is 0.311 e. The molecule has 0 amide bonds. The third kappa shape index (κ3) is 7.68. The van der Waals surface area contributed by atoms with Crippen molar-refractivity contribution in [2.45, 2.75) is 74.1 Å². The smallest absolute Gasteiger partial charge is 0.311 e. The summed E-state index contributed by atoms with van der Waals surface area (Å²) in [5.41, 5.74) is -0.0650. The lowest BCUT2D eigenvalue weighted by Gasteiger charge is -2.28. The lowest BCUT2D eigenvalue weighted by Crippen LogP contribution is -2.32. The van der Waals surface area contributed by atoms with E-state index in [-0.39, 0.29) is 11.9 Å². The van der Waals surface area contributed by atoms with Crippen LogP contribution in [0.3, 0.4) is 0 Å². The predicted molar refractivity (Wildman–Crippen MR) is 91.2 cm³/mol. The number of hydrogen-bond donors (Lipinski definition) is 0. The Balaban J connectivity index is 4.61. The average Bonchev–Trinajstić information content (AvgIpc) is 2.35. The molecule has 0 aliphatic rings. The molecule has 0 bridgehead atoms. The summed E-state index contributed by atoms with van der Waals surface area (Å²) >= 11 is 0. The lowest BCUT2D eigenvalue weighted by molar-refractivity contribution is -0.153. The van der Waals surface area contributed by atoms with Gasteiger partial charge in [0.1, 0.15) is 0 Å². The Morgan fingerprint density at radius 3 is 2.19 bits per heavy atom. The Labute approximate surface area is 132 Å². The third-order valence-corrected chi connectivity index (χ3v) is 4.38. The Kier molecular flexibility index (Phi) is 8.28. The van der Waals surface area contributed by atoms with Crippen LogP contribution in [0.5, 0.6) is 0 Å². The fourth-order valence-electron chi connectivity index (χ4n) is 2.66. The number of carbonyl (C=O) groups excluding carboxylic acids is 1. The highest BCUT2D eigenvalue weighted by molar-refractivity contribution is 5.76. The third-order valence-electron chi connectivity index (χ3n) is 4.38. The first-order valence-electron chi connectivity index (χ1n) is 8.29. The Morgan fingerprint density at radius 1 is 1.19 bits per heavy atom. The first kappa shape index (κ1) is 20.2. The van der Waals surface area contributed by atoms with Gasteiger partial charge in [-0.1, -0.05) is 53.2 Å². The van der Waals surface area contributed by atoms with Crippen LogP contribution in [0.4, 0.5) is 0 Å². The highest BCUT2D eigenvalue weighted by Gasteiger charge is 2.34. The molecule has 2 atom stereocenters. The van der Waals surface area contributed by atoms with Crippen molar-refractivity contribution in [2.24, 2.45) is 22.7 Å². The van der Waals surface area contributed by atoms with Crippen molar-refractivity contribution in [3.63, 3.8) is 0 Å². The van der Waals surface area contributed by atoms with Crippen molar-refractivity contribution in [3.8, 4) is 0 Å². The van der Waals surface area contributed by atoms with E-state index in [0.29, 0.717) is 11.3 Å². The molecule has 2 nitrogen and oxygen atoms in total. The minimum atomic E-state index is -0.427. The van der Waals surface area contributed by atoms with Gasteiger partial charge >= 0.3 is 5.97 Å². The van der Waals surface area contributed by atoms with Crippen LogP contribution < -0.4 is 0 Å². The molecule has 0 aromatic rings. The molecule has 0 N–H and O–H groups in total. The van der Waals surface area contributed by atoms with Gasteiger partial charge in [-0.3, -0.25) is 4.79 Å². The second-order valence-electron chi connectivity index (χ2n) is 8.09. The van der Waals surface area contributed by atoms with Crippen LogP contribution in [0.15, 0.2) is 12.2 Å². The molecule has 0 aromatic heterocycles. The van der Waals surface area contributed by atoms with Crippen molar-refractivity contribution in [1.29, 1.82) is 0 Å². The number of ether oxygens (including phenoxy) is 1. The molecule has 0 radical (unpaired) electrons. The van der Waals surface area contributed by atoms with E-state index in [9.17, 15) is 4.79 Å². The van der Waals surface area contributed by atoms with E-state index in [1.165, 1.54) is 26.4 Å². The first-order chi connectivity index (χ1) is 9.54. The first-order valence-corrected chi connectivity index (χ1v) is 8.29. The SMILES string of the molecule is CCCC(C=CCC(C)C(C)(C)C(=O)OC)CC(C)(C)C. The molecule has 0 spiro atoms. The molecule has 0 rings (SSSR count). The molecule has 0 fully saturated rings. The molecular formula is C19H36O2. The average molecular weight is 296 g/mol. The summed E-state index contributed by atoms with van der Waals surface area (Å²) in [6, 6.07) is 0. The largest absolute Gasteiger partial charge is 0.469 e. The highest BCUT2D eigenvalue weighted by atomic mass is 16.5. The fourth-order valence-corrected chi connectivity index (χ4v) is 2.66. The van der Waals surface area contributed by atoms with E-state index in [4.69, 9.17) is 4.74 Å². The second-order valence-corrected chi connectivity index (χ2v) is 8.09. The second kappa shape index (κ2) is 8.60. The Hall–Kier alpha value is -0.790. The summed E-state index contributed by atoms with van der Waals surface area (Å²) in [6.07, 6.45) is 9.22. The van der Waals surface area contributed by atoms with Crippen LogP contribution in [-0.2, 0) is 9.53 Å². The van der Waals surface area contributed by atoms with Gasteiger partial charge < -0.3 is 4.74 Å². The lowest BCUT2D eigenvalue weighted by atomic mass is 9.77. The van der Waals surface area contributed by atoms with Crippen molar-refractivity contribution in [2.75, 3.05) is 7.11 Å². The summed E-state index contributed by atoms with van der Waals surface area (Å²) in [4.78, 5) is 11.8. The number of esters is 1. The molecule has 21 heavy (non-hydrogen) atoms. The van der Waals surface area contributed by atoms with Gasteiger partial charge in [0, 0.05) is 0 Å². The van der Waals surface area contributed by atoms with Gasteiger partial charge in [0.2, 0.25) is 0 Å². The van der Waals surface area contributed by atoms with Crippen LogP contribution in [0.1, 0.15) is 74.1 Å².